The van der Waals surface area contributed by atoms with E-state index in [0.29, 0.717) is 18.6 Å². The second kappa shape index (κ2) is 4.45. The van der Waals surface area contributed by atoms with Crippen LogP contribution in [0.15, 0.2) is 21.5 Å². The summed E-state index contributed by atoms with van der Waals surface area (Å²) in [5, 5.41) is 17.2. The Labute approximate surface area is 79.6 Å². The minimum absolute atomic E-state index is 0.0323. The molecule has 1 rings (SSSR count). The summed E-state index contributed by atoms with van der Waals surface area (Å²) < 4.78 is 4.88. The Balaban J connectivity index is 2.56. The lowest BCUT2D eigenvalue weighted by Gasteiger charge is -1.97. The summed E-state index contributed by atoms with van der Waals surface area (Å²) in [6.07, 6.45) is 1.77. The van der Waals surface area contributed by atoms with Crippen LogP contribution in [0.5, 0.6) is 5.75 Å². The first-order chi connectivity index (χ1) is 6.59. The van der Waals surface area contributed by atoms with Gasteiger partial charge in [0.2, 0.25) is 5.43 Å². The monoisotopic (exact) mass is 198 g/mol. The molecule has 2 N–H and O–H groups in total. The lowest BCUT2D eigenvalue weighted by atomic mass is 10.2. The van der Waals surface area contributed by atoms with Crippen molar-refractivity contribution >= 4 is 5.97 Å². The molecule has 0 fully saturated rings. The summed E-state index contributed by atoms with van der Waals surface area (Å²) in [6, 6.07) is 1.16. The summed E-state index contributed by atoms with van der Waals surface area (Å²) in [6.45, 7) is 0. The molecule has 0 bridgehead atoms. The molecule has 0 aliphatic rings. The van der Waals surface area contributed by atoms with Crippen molar-refractivity contribution in [3.8, 4) is 5.75 Å². The molecule has 0 saturated heterocycles. The lowest BCUT2D eigenvalue weighted by molar-refractivity contribution is -0.137. The number of aromatic hydroxyl groups is 1. The molecule has 0 saturated carbocycles. The summed E-state index contributed by atoms with van der Waals surface area (Å²) in [4.78, 5) is 21.1. The second-order valence-electron chi connectivity index (χ2n) is 2.84. The Morgan fingerprint density at radius 3 is 2.79 bits per heavy atom. The molecular formula is C9H10O5. The predicted octanol–water partition coefficient (Wildman–Crippen LogP) is 0.753. The molecule has 0 radical (unpaired) electrons. The van der Waals surface area contributed by atoms with Crippen molar-refractivity contribution in [2.75, 3.05) is 0 Å². The van der Waals surface area contributed by atoms with Crippen molar-refractivity contribution in [3.05, 3.63) is 28.3 Å². The fourth-order valence-electron chi connectivity index (χ4n) is 0.989. The van der Waals surface area contributed by atoms with Gasteiger partial charge in [0.05, 0.1) is 0 Å². The van der Waals surface area contributed by atoms with Gasteiger partial charge in [-0.2, -0.15) is 0 Å². The molecule has 1 heterocycles. The average Bonchev–Trinajstić information content (AvgIpc) is 2.10. The van der Waals surface area contributed by atoms with Gasteiger partial charge in [-0.15, -0.1) is 0 Å². The number of hydrogen-bond donors (Lipinski definition) is 2. The van der Waals surface area contributed by atoms with Crippen LogP contribution in [0.1, 0.15) is 18.6 Å². The summed E-state index contributed by atoms with van der Waals surface area (Å²) >= 11 is 0. The topological polar surface area (TPSA) is 87.7 Å². The zero-order valence-electron chi connectivity index (χ0n) is 7.40. The van der Waals surface area contributed by atoms with Crippen LogP contribution in [0.2, 0.25) is 0 Å². The van der Waals surface area contributed by atoms with E-state index in [0.717, 1.165) is 12.3 Å². The largest absolute Gasteiger partial charge is 0.502 e. The highest BCUT2D eigenvalue weighted by atomic mass is 16.4. The van der Waals surface area contributed by atoms with E-state index in [1.807, 2.05) is 0 Å². The fraction of sp³-hybridized carbons (Fsp3) is 0.333. The van der Waals surface area contributed by atoms with Crippen molar-refractivity contribution < 1.29 is 19.4 Å². The Bertz CT molecular complexity index is 379. The number of carboxylic acid groups (broad SMARTS) is 1. The van der Waals surface area contributed by atoms with E-state index in [9.17, 15) is 9.59 Å². The fourth-order valence-corrected chi connectivity index (χ4v) is 0.989. The van der Waals surface area contributed by atoms with Gasteiger partial charge in [0, 0.05) is 18.9 Å². The molecule has 5 nitrogen and oxygen atoms in total. The third kappa shape index (κ3) is 2.93. The van der Waals surface area contributed by atoms with Crippen LogP contribution in [0, 0.1) is 0 Å². The standard InChI is InChI=1S/C9H10O5/c10-7-4-6(14-5-8(7)11)2-1-3-9(12)13/h4-5,11H,1-3H2,(H,12,13). The van der Waals surface area contributed by atoms with E-state index in [-0.39, 0.29) is 6.42 Å². The molecular weight excluding hydrogens is 188 g/mol. The molecule has 0 atom stereocenters. The number of hydrogen-bond acceptors (Lipinski definition) is 4. The first kappa shape index (κ1) is 10.3. The van der Waals surface area contributed by atoms with Crippen molar-refractivity contribution in [1.29, 1.82) is 0 Å². The first-order valence-corrected chi connectivity index (χ1v) is 4.12. The lowest BCUT2D eigenvalue weighted by Crippen LogP contribution is -2.01. The SMILES string of the molecule is O=C(O)CCCc1cc(=O)c(O)co1. The van der Waals surface area contributed by atoms with Crippen molar-refractivity contribution in [2.24, 2.45) is 0 Å². The minimum atomic E-state index is -0.883. The molecule has 0 spiro atoms. The maximum absolute atomic E-state index is 10.9. The second-order valence-corrected chi connectivity index (χ2v) is 2.84. The highest BCUT2D eigenvalue weighted by molar-refractivity contribution is 5.66. The maximum atomic E-state index is 10.9. The third-order valence-electron chi connectivity index (χ3n) is 1.68. The van der Waals surface area contributed by atoms with E-state index < -0.39 is 17.1 Å². The molecule has 0 unspecified atom stereocenters. The summed E-state index contributed by atoms with van der Waals surface area (Å²) in [5.74, 6) is -0.938. The van der Waals surface area contributed by atoms with Crippen LogP contribution in [-0.2, 0) is 11.2 Å². The van der Waals surface area contributed by atoms with Gasteiger partial charge in [0.25, 0.3) is 0 Å². The maximum Gasteiger partial charge on any atom is 0.303 e. The van der Waals surface area contributed by atoms with Gasteiger partial charge >= 0.3 is 5.97 Å². The smallest absolute Gasteiger partial charge is 0.303 e. The molecule has 0 amide bonds. The first-order valence-electron chi connectivity index (χ1n) is 4.12. The number of aryl methyl sites for hydroxylation is 1. The Morgan fingerprint density at radius 1 is 1.50 bits per heavy atom. The van der Waals surface area contributed by atoms with E-state index in [4.69, 9.17) is 14.6 Å². The van der Waals surface area contributed by atoms with Crippen molar-refractivity contribution in [1.82, 2.24) is 0 Å². The average molecular weight is 198 g/mol. The third-order valence-corrected chi connectivity index (χ3v) is 1.68. The van der Waals surface area contributed by atoms with E-state index in [1.54, 1.807) is 0 Å². The highest BCUT2D eigenvalue weighted by Gasteiger charge is 2.03. The normalized spacial score (nSPS) is 10.0. The van der Waals surface area contributed by atoms with Crippen LogP contribution in [0.25, 0.3) is 0 Å². The number of aliphatic carboxylic acids is 1. The zero-order chi connectivity index (χ0) is 10.6. The van der Waals surface area contributed by atoms with Crippen LogP contribution in [-0.4, -0.2) is 16.2 Å². The van der Waals surface area contributed by atoms with E-state index in [2.05, 4.69) is 0 Å². The molecule has 0 aromatic carbocycles. The van der Waals surface area contributed by atoms with Crippen LogP contribution in [0.3, 0.4) is 0 Å². The molecule has 14 heavy (non-hydrogen) atoms. The molecule has 5 heteroatoms. The predicted molar refractivity (Wildman–Crippen MR) is 47.2 cm³/mol. The van der Waals surface area contributed by atoms with Crippen LogP contribution < -0.4 is 5.43 Å². The van der Waals surface area contributed by atoms with Crippen molar-refractivity contribution in [3.63, 3.8) is 0 Å². The number of rotatable bonds is 4. The summed E-state index contributed by atoms with van der Waals surface area (Å²) in [5.41, 5.74) is -0.512. The van der Waals surface area contributed by atoms with Gasteiger partial charge in [-0.25, -0.2) is 0 Å². The molecule has 0 aliphatic carbocycles. The van der Waals surface area contributed by atoms with Gasteiger partial charge < -0.3 is 14.6 Å². The molecule has 1 aromatic rings. The minimum Gasteiger partial charge on any atom is -0.502 e. The Kier molecular flexibility index (Phi) is 3.28. The van der Waals surface area contributed by atoms with Gasteiger partial charge in [-0.1, -0.05) is 0 Å². The van der Waals surface area contributed by atoms with Gasteiger partial charge in [0.15, 0.2) is 5.75 Å². The van der Waals surface area contributed by atoms with Gasteiger partial charge in [0.1, 0.15) is 12.0 Å². The highest BCUT2D eigenvalue weighted by Crippen LogP contribution is 2.06. The van der Waals surface area contributed by atoms with E-state index in [1.165, 1.54) is 0 Å². The number of carbonyl (C=O) groups is 1. The Hall–Kier alpha value is -1.78. The van der Waals surface area contributed by atoms with E-state index >= 15 is 0 Å². The van der Waals surface area contributed by atoms with Gasteiger partial charge in [-0.3, -0.25) is 9.59 Å². The molecule has 76 valence electrons. The zero-order valence-corrected chi connectivity index (χ0v) is 7.40. The van der Waals surface area contributed by atoms with Gasteiger partial charge in [-0.05, 0) is 6.42 Å². The molecule has 1 aromatic heterocycles. The van der Waals surface area contributed by atoms with Crippen LogP contribution in [0.4, 0.5) is 0 Å². The summed E-state index contributed by atoms with van der Waals surface area (Å²) in [7, 11) is 0. The number of carboxylic acids is 1. The molecule has 0 aliphatic heterocycles. The Morgan fingerprint density at radius 2 is 2.21 bits per heavy atom. The quantitative estimate of drug-likeness (QED) is 0.745. The van der Waals surface area contributed by atoms with Crippen LogP contribution >= 0.6 is 0 Å². The van der Waals surface area contributed by atoms with Crippen molar-refractivity contribution in [2.45, 2.75) is 19.3 Å².